The smallest absolute Gasteiger partial charge is 0.182 e. The van der Waals surface area contributed by atoms with E-state index >= 15 is 0 Å². The van der Waals surface area contributed by atoms with Crippen LogP contribution in [0.25, 0.3) is 11.5 Å². The molecule has 0 aliphatic carbocycles. The van der Waals surface area contributed by atoms with Gasteiger partial charge in [-0.25, -0.2) is 0 Å². The SMILES string of the molecule is Cn1c(CN)nnc1-c1ccccn1. The highest BCUT2D eigenvalue weighted by Gasteiger charge is 2.09. The van der Waals surface area contributed by atoms with E-state index in [4.69, 9.17) is 5.73 Å². The molecule has 0 aliphatic heterocycles. The van der Waals surface area contributed by atoms with Crippen LogP contribution in [0.1, 0.15) is 5.82 Å². The molecule has 2 heterocycles. The number of pyridine rings is 1. The highest BCUT2D eigenvalue weighted by Crippen LogP contribution is 2.12. The Hall–Kier alpha value is -1.75. The van der Waals surface area contributed by atoms with Gasteiger partial charge in [0, 0.05) is 13.2 Å². The Morgan fingerprint density at radius 1 is 1.36 bits per heavy atom. The van der Waals surface area contributed by atoms with E-state index in [-0.39, 0.29) is 0 Å². The lowest BCUT2D eigenvalue weighted by atomic mass is 10.3. The van der Waals surface area contributed by atoms with E-state index in [0.29, 0.717) is 6.54 Å². The molecule has 2 aromatic rings. The van der Waals surface area contributed by atoms with Gasteiger partial charge in [-0.1, -0.05) is 6.07 Å². The summed E-state index contributed by atoms with van der Waals surface area (Å²) in [5.41, 5.74) is 6.31. The van der Waals surface area contributed by atoms with Gasteiger partial charge >= 0.3 is 0 Å². The van der Waals surface area contributed by atoms with Crippen LogP contribution in [-0.2, 0) is 13.6 Å². The van der Waals surface area contributed by atoms with Crippen LogP contribution in [0.5, 0.6) is 0 Å². The largest absolute Gasteiger partial charge is 0.324 e. The number of rotatable bonds is 2. The van der Waals surface area contributed by atoms with Gasteiger partial charge in [0.25, 0.3) is 0 Å². The van der Waals surface area contributed by atoms with Crippen LogP contribution in [0.3, 0.4) is 0 Å². The first-order chi connectivity index (χ1) is 6.83. The quantitative estimate of drug-likeness (QED) is 0.739. The van der Waals surface area contributed by atoms with Gasteiger partial charge in [-0.2, -0.15) is 0 Å². The molecular weight excluding hydrogens is 178 g/mol. The Kier molecular flexibility index (Phi) is 2.24. The molecule has 0 unspecified atom stereocenters. The molecule has 0 atom stereocenters. The summed E-state index contributed by atoms with van der Waals surface area (Å²) < 4.78 is 1.85. The first kappa shape index (κ1) is 8.83. The summed E-state index contributed by atoms with van der Waals surface area (Å²) >= 11 is 0. The summed E-state index contributed by atoms with van der Waals surface area (Å²) in [4.78, 5) is 4.19. The van der Waals surface area contributed by atoms with Gasteiger partial charge in [0.15, 0.2) is 5.82 Å². The minimum absolute atomic E-state index is 0.385. The Labute approximate surface area is 81.6 Å². The van der Waals surface area contributed by atoms with Crippen molar-refractivity contribution in [2.45, 2.75) is 6.54 Å². The van der Waals surface area contributed by atoms with Crippen LogP contribution in [0.4, 0.5) is 0 Å². The molecule has 0 fully saturated rings. The lowest BCUT2D eigenvalue weighted by Crippen LogP contribution is -2.05. The minimum atomic E-state index is 0.385. The maximum atomic E-state index is 5.50. The maximum Gasteiger partial charge on any atom is 0.182 e. The molecule has 2 rings (SSSR count). The Bertz CT molecular complexity index is 420. The third-order valence-corrected chi connectivity index (χ3v) is 2.04. The molecule has 0 saturated heterocycles. The molecule has 5 heteroatoms. The third kappa shape index (κ3) is 1.38. The van der Waals surface area contributed by atoms with Gasteiger partial charge in [0.05, 0.1) is 6.54 Å². The second-order valence-electron chi connectivity index (χ2n) is 2.92. The Morgan fingerprint density at radius 2 is 2.21 bits per heavy atom. The number of hydrogen-bond donors (Lipinski definition) is 1. The second kappa shape index (κ2) is 3.55. The van der Waals surface area contributed by atoms with E-state index < -0.39 is 0 Å². The first-order valence-electron chi connectivity index (χ1n) is 4.32. The van der Waals surface area contributed by atoms with E-state index in [9.17, 15) is 0 Å². The van der Waals surface area contributed by atoms with Crippen LogP contribution in [0.15, 0.2) is 24.4 Å². The van der Waals surface area contributed by atoms with Crippen molar-refractivity contribution in [2.24, 2.45) is 12.8 Å². The predicted octanol–water partition coefficient (Wildman–Crippen LogP) is 0.336. The third-order valence-electron chi connectivity index (χ3n) is 2.04. The maximum absolute atomic E-state index is 5.50. The first-order valence-corrected chi connectivity index (χ1v) is 4.32. The second-order valence-corrected chi connectivity index (χ2v) is 2.92. The van der Waals surface area contributed by atoms with Crippen molar-refractivity contribution < 1.29 is 0 Å². The molecule has 0 aliphatic rings. The average molecular weight is 189 g/mol. The molecule has 0 saturated carbocycles. The van der Waals surface area contributed by atoms with E-state index in [2.05, 4.69) is 15.2 Å². The highest BCUT2D eigenvalue weighted by atomic mass is 15.3. The lowest BCUT2D eigenvalue weighted by molar-refractivity contribution is 0.795. The van der Waals surface area contributed by atoms with Crippen molar-refractivity contribution in [3.8, 4) is 11.5 Å². The van der Waals surface area contributed by atoms with Gasteiger partial charge < -0.3 is 10.3 Å². The van der Waals surface area contributed by atoms with Crippen molar-refractivity contribution in [2.75, 3.05) is 0 Å². The fourth-order valence-corrected chi connectivity index (χ4v) is 1.26. The van der Waals surface area contributed by atoms with Crippen molar-refractivity contribution in [1.82, 2.24) is 19.7 Å². The Morgan fingerprint density at radius 3 is 2.79 bits per heavy atom. The molecule has 2 aromatic heterocycles. The number of hydrogen-bond acceptors (Lipinski definition) is 4. The van der Waals surface area contributed by atoms with E-state index in [0.717, 1.165) is 17.3 Å². The molecule has 5 nitrogen and oxygen atoms in total. The molecule has 72 valence electrons. The highest BCUT2D eigenvalue weighted by molar-refractivity contribution is 5.48. The van der Waals surface area contributed by atoms with Crippen molar-refractivity contribution in [3.05, 3.63) is 30.2 Å². The summed E-state index contributed by atoms with van der Waals surface area (Å²) in [6, 6.07) is 5.67. The molecule has 14 heavy (non-hydrogen) atoms. The van der Waals surface area contributed by atoms with Gasteiger partial charge in [-0.15, -0.1) is 10.2 Å². The fourth-order valence-electron chi connectivity index (χ4n) is 1.26. The molecule has 0 aromatic carbocycles. The molecule has 0 radical (unpaired) electrons. The van der Waals surface area contributed by atoms with Crippen molar-refractivity contribution >= 4 is 0 Å². The van der Waals surface area contributed by atoms with Crippen molar-refractivity contribution in [3.63, 3.8) is 0 Å². The normalized spacial score (nSPS) is 10.4. The van der Waals surface area contributed by atoms with E-state index in [1.807, 2.05) is 29.8 Å². The van der Waals surface area contributed by atoms with Gasteiger partial charge in [-0.3, -0.25) is 4.98 Å². The fraction of sp³-hybridized carbons (Fsp3) is 0.222. The summed E-state index contributed by atoms with van der Waals surface area (Å²) in [5.74, 6) is 1.50. The zero-order valence-corrected chi connectivity index (χ0v) is 7.88. The lowest BCUT2D eigenvalue weighted by Gasteiger charge is -2.00. The monoisotopic (exact) mass is 189 g/mol. The average Bonchev–Trinajstić information content (AvgIpc) is 2.61. The number of aromatic nitrogens is 4. The van der Waals surface area contributed by atoms with Crippen LogP contribution >= 0.6 is 0 Å². The predicted molar refractivity (Wildman–Crippen MR) is 52.1 cm³/mol. The zero-order valence-electron chi connectivity index (χ0n) is 7.88. The minimum Gasteiger partial charge on any atom is -0.324 e. The Balaban J connectivity index is 2.48. The van der Waals surface area contributed by atoms with E-state index in [1.165, 1.54) is 0 Å². The van der Waals surface area contributed by atoms with E-state index in [1.54, 1.807) is 6.20 Å². The topological polar surface area (TPSA) is 69.6 Å². The van der Waals surface area contributed by atoms with Gasteiger partial charge in [-0.05, 0) is 12.1 Å². The molecule has 0 bridgehead atoms. The number of nitrogens with two attached hydrogens (primary N) is 1. The van der Waals surface area contributed by atoms with Gasteiger partial charge in [0.2, 0.25) is 0 Å². The standard InChI is InChI=1S/C9H11N5/c1-14-8(6-10)12-13-9(14)7-4-2-3-5-11-7/h2-5H,6,10H2,1H3. The summed E-state index contributed by atoms with van der Waals surface area (Å²) in [6.07, 6.45) is 1.73. The molecule has 0 spiro atoms. The summed E-state index contributed by atoms with van der Waals surface area (Å²) in [5, 5.41) is 7.99. The number of nitrogens with zero attached hydrogens (tertiary/aromatic N) is 4. The van der Waals surface area contributed by atoms with Crippen LogP contribution in [0, 0.1) is 0 Å². The van der Waals surface area contributed by atoms with Crippen molar-refractivity contribution in [1.29, 1.82) is 0 Å². The summed E-state index contributed by atoms with van der Waals surface area (Å²) in [6.45, 7) is 0.385. The molecule has 0 amide bonds. The van der Waals surface area contributed by atoms with Crippen LogP contribution in [0.2, 0.25) is 0 Å². The summed E-state index contributed by atoms with van der Waals surface area (Å²) in [7, 11) is 1.88. The zero-order chi connectivity index (χ0) is 9.97. The molecular formula is C9H11N5. The van der Waals surface area contributed by atoms with Crippen LogP contribution in [-0.4, -0.2) is 19.7 Å². The molecule has 2 N–H and O–H groups in total. The van der Waals surface area contributed by atoms with Gasteiger partial charge in [0.1, 0.15) is 11.5 Å². The van der Waals surface area contributed by atoms with Crippen LogP contribution < -0.4 is 5.73 Å².